The van der Waals surface area contributed by atoms with Crippen molar-refractivity contribution in [2.24, 2.45) is 0 Å². The van der Waals surface area contributed by atoms with E-state index in [1.165, 1.54) is 6.07 Å². The molecule has 0 spiro atoms. The number of aromatic hydroxyl groups is 1. The minimum atomic E-state index is -0.286. The Bertz CT molecular complexity index is 519. The molecule has 1 aromatic carbocycles. The Balaban J connectivity index is 3.05. The molecule has 0 aliphatic carbocycles. The van der Waals surface area contributed by atoms with Crippen molar-refractivity contribution in [1.82, 2.24) is 4.73 Å². The van der Waals surface area contributed by atoms with Gasteiger partial charge in [0.2, 0.25) is 11.0 Å². The normalized spacial score (nSPS) is 10.9. The van der Waals surface area contributed by atoms with Gasteiger partial charge in [-0.2, -0.15) is 0 Å². The summed E-state index contributed by atoms with van der Waals surface area (Å²) < 4.78 is 0.897. The van der Waals surface area contributed by atoms with Crippen LogP contribution in [0.4, 0.5) is 11.4 Å². The zero-order valence-electron chi connectivity index (χ0n) is 7.01. The Morgan fingerprint density at radius 1 is 1.43 bits per heavy atom. The van der Waals surface area contributed by atoms with Crippen molar-refractivity contribution >= 4 is 22.4 Å². The van der Waals surface area contributed by atoms with Crippen molar-refractivity contribution in [3.05, 3.63) is 17.6 Å². The summed E-state index contributed by atoms with van der Waals surface area (Å²) in [6.45, 7) is 0. The number of nitrogen functional groups attached to an aromatic ring is 2. The first-order valence-electron chi connectivity index (χ1n) is 3.72. The quantitative estimate of drug-likeness (QED) is 0.147. The van der Waals surface area contributed by atoms with Crippen LogP contribution in [0.5, 0.6) is 5.75 Å². The summed E-state index contributed by atoms with van der Waals surface area (Å²) in [4.78, 5) is 0. The highest BCUT2D eigenvalue weighted by molar-refractivity contribution is 5.96. The molecular weight excluding hydrogens is 188 g/mol. The van der Waals surface area contributed by atoms with Crippen LogP contribution in [-0.2, 0) is 0 Å². The number of nitrogens with zero attached hydrogens (tertiary/aromatic N) is 2. The van der Waals surface area contributed by atoms with E-state index in [2.05, 4.69) is 0 Å². The van der Waals surface area contributed by atoms with Gasteiger partial charge in [-0.1, -0.05) is 0 Å². The van der Waals surface area contributed by atoms with Gasteiger partial charge in [-0.15, -0.1) is 0 Å². The Morgan fingerprint density at radius 3 is 2.71 bits per heavy atom. The summed E-state index contributed by atoms with van der Waals surface area (Å²) in [6.07, 6.45) is 0.858. The predicted octanol–water partition coefficient (Wildman–Crippen LogP) is -0.618. The number of imidazole rings is 1. The van der Waals surface area contributed by atoms with Crippen LogP contribution in [0.15, 0.2) is 12.4 Å². The number of hydrogen-bond donors (Lipinski definition) is 4. The fourth-order valence-corrected chi connectivity index (χ4v) is 1.36. The predicted molar refractivity (Wildman–Crippen MR) is 48.6 cm³/mol. The summed E-state index contributed by atoms with van der Waals surface area (Å²) in [5.74, 6) is -0.286. The Kier molecular flexibility index (Phi) is 1.39. The first kappa shape index (κ1) is 8.30. The van der Waals surface area contributed by atoms with Gasteiger partial charge in [0, 0.05) is 6.07 Å². The van der Waals surface area contributed by atoms with Crippen LogP contribution in [0.2, 0.25) is 0 Å². The van der Waals surface area contributed by atoms with E-state index in [0.717, 1.165) is 6.33 Å². The van der Waals surface area contributed by atoms with Crippen LogP contribution in [0.3, 0.4) is 0 Å². The van der Waals surface area contributed by atoms with Crippen LogP contribution < -0.4 is 16.2 Å². The lowest BCUT2D eigenvalue weighted by molar-refractivity contribution is -0.579. The van der Waals surface area contributed by atoms with Gasteiger partial charge < -0.3 is 27.0 Å². The van der Waals surface area contributed by atoms with Gasteiger partial charge in [0.05, 0.1) is 5.69 Å². The van der Waals surface area contributed by atoms with Crippen LogP contribution in [-0.4, -0.2) is 15.0 Å². The standard InChI is InChI=1S/C7H8N4O3/c8-3-1-4(12)5(9)7-6(3)10(13)2-11(7)14/h1-2,12-13H,8-9H2. The number of fused-ring (bicyclic) bond motifs is 1. The summed E-state index contributed by atoms with van der Waals surface area (Å²) in [5.41, 5.74) is 10.9. The molecular formula is C7H8N4O3. The maximum Gasteiger partial charge on any atom is 0.288 e. The second-order valence-electron chi connectivity index (χ2n) is 2.88. The van der Waals surface area contributed by atoms with E-state index in [1.807, 2.05) is 0 Å². The van der Waals surface area contributed by atoms with Crippen LogP contribution in [0, 0.1) is 5.21 Å². The summed E-state index contributed by atoms with van der Waals surface area (Å²) >= 11 is 0. The highest BCUT2D eigenvalue weighted by Crippen LogP contribution is 2.31. The van der Waals surface area contributed by atoms with E-state index in [9.17, 15) is 15.5 Å². The molecule has 1 heterocycles. The monoisotopic (exact) mass is 196 g/mol. The number of rotatable bonds is 0. The number of nitrogens with two attached hydrogens (primary N) is 2. The number of anilines is 2. The average molecular weight is 196 g/mol. The molecule has 0 aliphatic heterocycles. The van der Waals surface area contributed by atoms with Gasteiger partial charge in [-0.3, -0.25) is 0 Å². The Morgan fingerprint density at radius 2 is 2.07 bits per heavy atom. The summed E-state index contributed by atoms with van der Waals surface area (Å²) in [5, 5.41) is 29.8. The van der Waals surface area contributed by atoms with Crippen LogP contribution in [0.25, 0.3) is 11.0 Å². The van der Waals surface area contributed by atoms with Crippen LogP contribution in [0.1, 0.15) is 0 Å². The maximum absolute atomic E-state index is 11.2. The van der Waals surface area contributed by atoms with Crippen molar-refractivity contribution in [1.29, 1.82) is 0 Å². The molecule has 2 aromatic rings. The van der Waals surface area contributed by atoms with Crippen molar-refractivity contribution in [2.45, 2.75) is 0 Å². The summed E-state index contributed by atoms with van der Waals surface area (Å²) in [7, 11) is 0. The fraction of sp³-hybridized carbons (Fsp3) is 0. The molecule has 0 bridgehead atoms. The van der Waals surface area contributed by atoms with Gasteiger partial charge >= 0.3 is 0 Å². The Labute approximate surface area is 77.9 Å². The van der Waals surface area contributed by atoms with Crippen molar-refractivity contribution in [2.75, 3.05) is 11.5 Å². The number of phenolic OH excluding ortho intramolecular Hbond substituents is 1. The fourth-order valence-electron chi connectivity index (χ4n) is 1.36. The van der Waals surface area contributed by atoms with Crippen molar-refractivity contribution in [3.63, 3.8) is 0 Å². The van der Waals surface area contributed by atoms with E-state index < -0.39 is 0 Å². The Hall–Kier alpha value is -2.31. The molecule has 0 saturated carbocycles. The van der Waals surface area contributed by atoms with Gasteiger partial charge in [0.1, 0.15) is 11.4 Å². The maximum atomic E-state index is 11.2. The molecule has 0 aliphatic rings. The highest BCUT2D eigenvalue weighted by Gasteiger charge is 2.20. The molecule has 14 heavy (non-hydrogen) atoms. The van der Waals surface area contributed by atoms with Crippen molar-refractivity contribution in [3.8, 4) is 5.75 Å². The zero-order chi connectivity index (χ0) is 10.5. The third kappa shape index (κ3) is 0.830. The number of aromatic nitrogens is 2. The SMILES string of the molecule is Nc1cc(O)c(N)c2c1n(O)c[n+]2[O-]. The summed E-state index contributed by atoms with van der Waals surface area (Å²) in [6, 6.07) is 1.17. The van der Waals surface area contributed by atoms with Gasteiger partial charge in [-0.05, 0) is 4.73 Å². The molecule has 0 radical (unpaired) electrons. The largest absolute Gasteiger partial charge is 0.710 e. The van der Waals surface area contributed by atoms with Crippen molar-refractivity contribution < 1.29 is 15.0 Å². The van der Waals surface area contributed by atoms with Crippen LogP contribution >= 0.6 is 0 Å². The topological polar surface area (TPSA) is 124 Å². The third-order valence-electron chi connectivity index (χ3n) is 1.98. The lowest BCUT2D eigenvalue weighted by Gasteiger charge is -2.02. The first-order valence-corrected chi connectivity index (χ1v) is 3.72. The lowest BCUT2D eigenvalue weighted by atomic mass is 10.2. The molecule has 0 unspecified atom stereocenters. The zero-order valence-corrected chi connectivity index (χ0v) is 7.01. The smallest absolute Gasteiger partial charge is 0.288 e. The molecule has 0 saturated heterocycles. The van der Waals surface area contributed by atoms with Gasteiger partial charge in [0.25, 0.3) is 6.33 Å². The number of hydrogen-bond acceptors (Lipinski definition) is 5. The van der Waals surface area contributed by atoms with E-state index in [0.29, 0.717) is 9.46 Å². The van der Waals surface area contributed by atoms with E-state index in [4.69, 9.17) is 11.5 Å². The highest BCUT2D eigenvalue weighted by atomic mass is 16.5. The molecule has 0 amide bonds. The second-order valence-corrected chi connectivity index (χ2v) is 2.88. The minimum absolute atomic E-state index is 0.0509. The molecule has 1 aromatic heterocycles. The molecule has 74 valence electrons. The van der Waals surface area contributed by atoms with E-state index in [-0.39, 0.29) is 28.2 Å². The molecule has 6 N–H and O–H groups in total. The molecule has 2 rings (SSSR count). The lowest BCUT2D eigenvalue weighted by Crippen LogP contribution is -2.24. The van der Waals surface area contributed by atoms with E-state index in [1.54, 1.807) is 0 Å². The third-order valence-corrected chi connectivity index (χ3v) is 1.98. The average Bonchev–Trinajstić information content (AvgIpc) is 2.38. The minimum Gasteiger partial charge on any atom is -0.710 e. The van der Waals surface area contributed by atoms with E-state index >= 15 is 0 Å². The van der Waals surface area contributed by atoms with Gasteiger partial charge in [-0.25, -0.2) is 4.73 Å². The molecule has 7 heteroatoms. The number of phenols is 1. The molecule has 0 atom stereocenters. The number of benzene rings is 1. The first-order chi connectivity index (χ1) is 6.52. The second kappa shape index (κ2) is 2.34. The molecule has 0 fully saturated rings. The molecule has 7 nitrogen and oxygen atoms in total. The van der Waals surface area contributed by atoms with Gasteiger partial charge in [0.15, 0.2) is 0 Å².